The van der Waals surface area contributed by atoms with E-state index >= 15 is 0 Å². The minimum absolute atomic E-state index is 0.107. The summed E-state index contributed by atoms with van der Waals surface area (Å²) in [4.78, 5) is 35.6. The Bertz CT molecular complexity index is 814. The van der Waals surface area contributed by atoms with E-state index in [9.17, 15) is 19.7 Å². The van der Waals surface area contributed by atoms with Crippen molar-refractivity contribution in [3.05, 3.63) is 57.8 Å². The quantitative estimate of drug-likeness (QED) is 0.663. The van der Waals surface area contributed by atoms with Crippen molar-refractivity contribution in [2.45, 2.75) is 25.8 Å². The van der Waals surface area contributed by atoms with E-state index in [4.69, 9.17) is 4.42 Å². The van der Waals surface area contributed by atoms with Gasteiger partial charge in [0.15, 0.2) is 5.76 Å². The molecule has 130 valence electrons. The van der Waals surface area contributed by atoms with Crippen LogP contribution in [0.15, 0.2) is 40.8 Å². The summed E-state index contributed by atoms with van der Waals surface area (Å²) in [6.07, 6.45) is 2.45. The van der Waals surface area contributed by atoms with Crippen LogP contribution >= 0.6 is 0 Å². The second-order valence-electron chi connectivity index (χ2n) is 5.75. The molecule has 8 heteroatoms. The molecule has 0 unspecified atom stereocenters. The maximum absolute atomic E-state index is 12.0. The van der Waals surface area contributed by atoms with E-state index in [1.165, 1.54) is 6.07 Å². The zero-order valence-corrected chi connectivity index (χ0v) is 13.4. The number of rotatable bonds is 5. The lowest BCUT2D eigenvalue weighted by molar-refractivity contribution is -0.402. The fourth-order valence-corrected chi connectivity index (χ4v) is 2.73. The van der Waals surface area contributed by atoms with Crippen molar-refractivity contribution in [2.75, 3.05) is 11.4 Å². The number of piperidine rings is 1. The fraction of sp³-hybridized carbons (Fsp3) is 0.294. The molecule has 2 amide bonds. The minimum Gasteiger partial charge on any atom is -0.395 e. The number of carbonyl (C=O) groups excluding carboxylic acids is 2. The maximum atomic E-state index is 12.0. The van der Waals surface area contributed by atoms with E-state index in [-0.39, 0.29) is 18.2 Å². The molecule has 1 aromatic heterocycles. The van der Waals surface area contributed by atoms with E-state index in [1.54, 1.807) is 4.90 Å². The SMILES string of the molecule is O=C(NCc1cccc(N2CCCCC2=O)c1)c1ccc([N+](=O)[O-])o1. The first-order valence-corrected chi connectivity index (χ1v) is 7.96. The Morgan fingerprint density at radius 2 is 2.12 bits per heavy atom. The Morgan fingerprint density at radius 3 is 2.84 bits per heavy atom. The van der Waals surface area contributed by atoms with Crippen LogP contribution in [0.1, 0.15) is 35.4 Å². The van der Waals surface area contributed by atoms with Crippen LogP contribution < -0.4 is 10.2 Å². The van der Waals surface area contributed by atoms with E-state index in [1.807, 2.05) is 24.3 Å². The summed E-state index contributed by atoms with van der Waals surface area (Å²) in [5.41, 5.74) is 1.63. The number of nitro groups is 1. The Kier molecular flexibility index (Phi) is 4.78. The number of amides is 2. The van der Waals surface area contributed by atoms with Gasteiger partial charge in [-0.15, -0.1) is 0 Å². The fourth-order valence-electron chi connectivity index (χ4n) is 2.73. The Hall–Kier alpha value is -3.16. The summed E-state index contributed by atoms with van der Waals surface area (Å²) in [5, 5.41) is 13.2. The minimum atomic E-state index is -0.699. The van der Waals surface area contributed by atoms with Gasteiger partial charge >= 0.3 is 5.88 Å². The number of nitrogens with one attached hydrogen (secondary N) is 1. The molecule has 1 aromatic carbocycles. The van der Waals surface area contributed by atoms with Crippen LogP contribution in [0.4, 0.5) is 11.6 Å². The van der Waals surface area contributed by atoms with Crippen LogP contribution in [0.3, 0.4) is 0 Å². The van der Waals surface area contributed by atoms with E-state index < -0.39 is 16.7 Å². The molecule has 3 rings (SSSR count). The van der Waals surface area contributed by atoms with Crippen molar-refractivity contribution in [1.82, 2.24) is 5.32 Å². The van der Waals surface area contributed by atoms with Gasteiger partial charge in [-0.05, 0) is 36.6 Å². The van der Waals surface area contributed by atoms with Crippen molar-refractivity contribution >= 4 is 23.4 Å². The highest BCUT2D eigenvalue weighted by Crippen LogP contribution is 2.22. The van der Waals surface area contributed by atoms with Gasteiger partial charge in [0.25, 0.3) is 5.91 Å². The topological polar surface area (TPSA) is 106 Å². The molecule has 0 radical (unpaired) electrons. The van der Waals surface area contributed by atoms with E-state index in [2.05, 4.69) is 5.32 Å². The van der Waals surface area contributed by atoms with Gasteiger partial charge in [-0.2, -0.15) is 0 Å². The van der Waals surface area contributed by atoms with Crippen LogP contribution in [0.25, 0.3) is 0 Å². The molecule has 1 N–H and O–H groups in total. The van der Waals surface area contributed by atoms with Gasteiger partial charge in [-0.3, -0.25) is 19.7 Å². The second-order valence-corrected chi connectivity index (χ2v) is 5.75. The monoisotopic (exact) mass is 343 g/mol. The number of hydrogen-bond acceptors (Lipinski definition) is 5. The van der Waals surface area contributed by atoms with Gasteiger partial charge in [0.05, 0.1) is 6.07 Å². The van der Waals surface area contributed by atoms with Gasteiger partial charge in [-0.25, -0.2) is 0 Å². The zero-order chi connectivity index (χ0) is 17.8. The average molecular weight is 343 g/mol. The third-order valence-corrected chi connectivity index (χ3v) is 3.99. The average Bonchev–Trinajstić information content (AvgIpc) is 3.11. The molecule has 2 heterocycles. The van der Waals surface area contributed by atoms with Crippen LogP contribution in [0.5, 0.6) is 0 Å². The van der Waals surface area contributed by atoms with Crippen LogP contribution in [-0.4, -0.2) is 23.3 Å². The number of nitrogens with zero attached hydrogens (tertiary/aromatic N) is 2. The van der Waals surface area contributed by atoms with Crippen molar-refractivity contribution in [1.29, 1.82) is 0 Å². The smallest absolute Gasteiger partial charge is 0.395 e. The molecular formula is C17H17N3O5. The Labute approximate surface area is 143 Å². The van der Waals surface area contributed by atoms with Crippen LogP contribution in [0.2, 0.25) is 0 Å². The highest BCUT2D eigenvalue weighted by molar-refractivity contribution is 5.94. The van der Waals surface area contributed by atoms with Gasteiger partial charge in [0.1, 0.15) is 4.92 Å². The van der Waals surface area contributed by atoms with Crippen molar-refractivity contribution in [3.63, 3.8) is 0 Å². The third-order valence-electron chi connectivity index (χ3n) is 3.99. The molecule has 25 heavy (non-hydrogen) atoms. The van der Waals surface area contributed by atoms with E-state index in [0.717, 1.165) is 30.2 Å². The van der Waals surface area contributed by atoms with Gasteiger partial charge < -0.3 is 14.6 Å². The summed E-state index contributed by atoms with van der Waals surface area (Å²) in [6.45, 7) is 0.925. The first-order valence-electron chi connectivity index (χ1n) is 7.96. The highest BCUT2D eigenvalue weighted by atomic mass is 16.6. The molecule has 0 saturated carbocycles. The molecule has 0 atom stereocenters. The summed E-state index contributed by atoms with van der Waals surface area (Å²) in [5.74, 6) is -1.02. The number of furan rings is 1. The lowest BCUT2D eigenvalue weighted by Crippen LogP contribution is -2.35. The molecule has 1 aliphatic heterocycles. The van der Waals surface area contributed by atoms with Crippen LogP contribution in [-0.2, 0) is 11.3 Å². The lowest BCUT2D eigenvalue weighted by atomic mass is 10.1. The molecule has 8 nitrogen and oxygen atoms in total. The van der Waals surface area contributed by atoms with Gasteiger partial charge in [0, 0.05) is 25.2 Å². The number of anilines is 1. The summed E-state index contributed by atoms with van der Waals surface area (Å²) in [7, 11) is 0. The summed E-state index contributed by atoms with van der Waals surface area (Å²) >= 11 is 0. The number of hydrogen-bond donors (Lipinski definition) is 1. The second kappa shape index (κ2) is 7.16. The molecule has 0 bridgehead atoms. The van der Waals surface area contributed by atoms with Crippen molar-refractivity contribution < 1.29 is 18.9 Å². The van der Waals surface area contributed by atoms with Crippen LogP contribution in [0, 0.1) is 10.1 Å². The third kappa shape index (κ3) is 3.85. The molecule has 1 saturated heterocycles. The van der Waals surface area contributed by atoms with Gasteiger partial charge in [0.2, 0.25) is 5.91 Å². The lowest BCUT2D eigenvalue weighted by Gasteiger charge is -2.27. The number of carbonyl (C=O) groups is 2. The zero-order valence-electron chi connectivity index (χ0n) is 13.4. The molecule has 0 spiro atoms. The first kappa shape index (κ1) is 16.7. The predicted octanol–water partition coefficient (Wildman–Crippen LogP) is 2.63. The molecule has 1 aliphatic rings. The first-order chi connectivity index (χ1) is 12.0. The standard InChI is InChI=1S/C17H17N3O5/c21-15-6-1-2-9-19(15)13-5-3-4-12(10-13)11-18-17(22)14-7-8-16(25-14)20(23)24/h3-5,7-8,10H,1-2,6,9,11H2,(H,18,22). The van der Waals surface area contributed by atoms with Gasteiger partial charge in [-0.1, -0.05) is 12.1 Å². The Morgan fingerprint density at radius 1 is 1.28 bits per heavy atom. The predicted molar refractivity (Wildman–Crippen MR) is 89.2 cm³/mol. The summed E-state index contributed by atoms with van der Waals surface area (Å²) < 4.78 is 4.86. The molecule has 2 aromatic rings. The largest absolute Gasteiger partial charge is 0.433 e. The Balaban J connectivity index is 1.64. The molecule has 1 fully saturated rings. The highest BCUT2D eigenvalue weighted by Gasteiger charge is 2.20. The molecule has 0 aliphatic carbocycles. The maximum Gasteiger partial charge on any atom is 0.433 e. The van der Waals surface area contributed by atoms with Crippen molar-refractivity contribution in [2.24, 2.45) is 0 Å². The number of benzene rings is 1. The normalized spacial score (nSPS) is 14.4. The molecular weight excluding hydrogens is 326 g/mol. The summed E-state index contributed by atoms with van der Waals surface area (Å²) in [6, 6.07) is 9.78. The van der Waals surface area contributed by atoms with E-state index in [0.29, 0.717) is 13.0 Å². The van der Waals surface area contributed by atoms with Crippen molar-refractivity contribution in [3.8, 4) is 0 Å².